The third kappa shape index (κ3) is 5.98. The molecule has 2 amide bonds. The molecule has 0 aromatic heterocycles. The number of amides is 2. The number of hydrogen-bond donors (Lipinski definition) is 1. The van der Waals surface area contributed by atoms with Crippen LogP contribution in [0.2, 0.25) is 0 Å². The first-order valence-corrected chi connectivity index (χ1v) is 10.4. The third-order valence-electron chi connectivity index (χ3n) is 5.36. The van der Waals surface area contributed by atoms with Crippen molar-refractivity contribution < 1.29 is 19.1 Å². The highest BCUT2D eigenvalue weighted by Gasteiger charge is 2.28. The van der Waals surface area contributed by atoms with Crippen LogP contribution in [-0.4, -0.2) is 42.0 Å². The summed E-state index contributed by atoms with van der Waals surface area (Å²) in [6.45, 7) is 4.07. The number of ether oxygens (including phenoxy) is 2. The molecule has 0 bridgehead atoms. The Hall–Kier alpha value is -3.53. The van der Waals surface area contributed by atoms with Gasteiger partial charge in [-0.1, -0.05) is 6.07 Å². The van der Waals surface area contributed by atoms with Crippen LogP contribution in [0, 0.1) is 11.3 Å². The number of piperidine rings is 1. The molecular formula is C24H27N3O4. The van der Waals surface area contributed by atoms with Crippen LogP contribution in [0.15, 0.2) is 48.5 Å². The second-order valence-electron chi connectivity index (χ2n) is 7.67. The van der Waals surface area contributed by atoms with E-state index in [0.29, 0.717) is 22.7 Å². The first kappa shape index (κ1) is 22.2. The summed E-state index contributed by atoms with van der Waals surface area (Å²) in [6, 6.07) is 15.9. The molecule has 1 fully saturated rings. The van der Waals surface area contributed by atoms with Gasteiger partial charge >= 0.3 is 0 Å². The van der Waals surface area contributed by atoms with Crippen LogP contribution in [-0.2, 0) is 4.79 Å². The Morgan fingerprint density at radius 3 is 2.45 bits per heavy atom. The molecule has 2 aromatic rings. The normalized spacial score (nSPS) is 18.0. The maximum Gasteiger partial charge on any atom is 0.260 e. The average Bonchev–Trinajstić information content (AvgIpc) is 2.76. The van der Waals surface area contributed by atoms with Crippen LogP contribution >= 0.6 is 0 Å². The summed E-state index contributed by atoms with van der Waals surface area (Å²) in [5.74, 6) is 0.746. The van der Waals surface area contributed by atoms with Gasteiger partial charge in [0.1, 0.15) is 17.6 Å². The van der Waals surface area contributed by atoms with E-state index in [4.69, 9.17) is 14.7 Å². The van der Waals surface area contributed by atoms with E-state index >= 15 is 0 Å². The lowest BCUT2D eigenvalue weighted by atomic mass is 9.97. The molecule has 162 valence electrons. The molecule has 0 aliphatic carbocycles. The van der Waals surface area contributed by atoms with Gasteiger partial charge in [0.2, 0.25) is 0 Å². The van der Waals surface area contributed by atoms with E-state index in [0.717, 1.165) is 19.3 Å². The minimum atomic E-state index is -0.281. The molecule has 1 aliphatic rings. The Balaban J connectivity index is 1.54. The van der Waals surface area contributed by atoms with Crippen molar-refractivity contribution in [3.8, 4) is 17.6 Å². The zero-order valence-electron chi connectivity index (χ0n) is 17.8. The van der Waals surface area contributed by atoms with Gasteiger partial charge in [0.05, 0.1) is 0 Å². The molecule has 0 spiro atoms. The number of hydrogen-bond acceptors (Lipinski definition) is 5. The summed E-state index contributed by atoms with van der Waals surface area (Å²) in [6.07, 6.45) is 3.19. The molecule has 2 aromatic carbocycles. The monoisotopic (exact) mass is 421 g/mol. The Bertz CT molecular complexity index is 942. The van der Waals surface area contributed by atoms with Crippen molar-refractivity contribution in [2.75, 3.05) is 18.5 Å². The van der Waals surface area contributed by atoms with E-state index in [9.17, 15) is 9.59 Å². The maximum absolute atomic E-state index is 12.6. The van der Waals surface area contributed by atoms with Gasteiger partial charge in [-0.3, -0.25) is 9.59 Å². The van der Waals surface area contributed by atoms with Crippen molar-refractivity contribution in [1.82, 2.24) is 4.90 Å². The van der Waals surface area contributed by atoms with Crippen molar-refractivity contribution in [3.63, 3.8) is 0 Å². The molecule has 0 saturated carbocycles. The van der Waals surface area contributed by atoms with Crippen LogP contribution in [0.3, 0.4) is 0 Å². The Morgan fingerprint density at radius 2 is 1.77 bits per heavy atom. The highest BCUT2D eigenvalue weighted by Crippen LogP contribution is 2.23. The fourth-order valence-electron chi connectivity index (χ4n) is 3.82. The van der Waals surface area contributed by atoms with Crippen LogP contribution in [0.25, 0.3) is 0 Å². The van der Waals surface area contributed by atoms with Gasteiger partial charge in [-0.15, -0.1) is 0 Å². The molecule has 1 saturated heterocycles. The first-order chi connectivity index (χ1) is 15.0. The minimum absolute atomic E-state index is 0.0139. The quantitative estimate of drug-likeness (QED) is 0.729. The van der Waals surface area contributed by atoms with Crippen LogP contribution in [0.1, 0.15) is 43.5 Å². The summed E-state index contributed by atoms with van der Waals surface area (Å²) >= 11 is 0. The molecular weight excluding hydrogens is 394 g/mol. The largest absolute Gasteiger partial charge is 0.484 e. The standard InChI is InChI=1S/C24H27N3O4/c1-17-5-3-6-18(2)27(17)23(28)16-31-21-11-9-19(10-12-21)24(29)26-20-7-4-8-22(15-20)30-14-13-25/h4,7-12,15,17-18H,3,5-6,14,16H2,1-2H3,(H,26,29). The summed E-state index contributed by atoms with van der Waals surface area (Å²) in [7, 11) is 0. The third-order valence-corrected chi connectivity index (χ3v) is 5.36. The van der Waals surface area contributed by atoms with Crippen LogP contribution < -0.4 is 14.8 Å². The highest BCUT2D eigenvalue weighted by molar-refractivity contribution is 6.04. The van der Waals surface area contributed by atoms with Gasteiger partial charge in [-0.2, -0.15) is 5.26 Å². The van der Waals surface area contributed by atoms with Crippen LogP contribution in [0.4, 0.5) is 5.69 Å². The number of rotatable bonds is 7. The van der Waals surface area contributed by atoms with Crippen molar-refractivity contribution >= 4 is 17.5 Å². The number of benzene rings is 2. The van der Waals surface area contributed by atoms with Crippen LogP contribution in [0.5, 0.6) is 11.5 Å². The Morgan fingerprint density at radius 1 is 1.06 bits per heavy atom. The summed E-state index contributed by atoms with van der Waals surface area (Å²) in [4.78, 5) is 27.0. The van der Waals surface area contributed by atoms with E-state index in [-0.39, 0.29) is 37.1 Å². The summed E-state index contributed by atoms with van der Waals surface area (Å²) < 4.78 is 10.9. The second-order valence-corrected chi connectivity index (χ2v) is 7.67. The molecule has 1 aliphatic heterocycles. The average molecular weight is 421 g/mol. The molecule has 0 radical (unpaired) electrons. The Kier molecular flexibility index (Phi) is 7.50. The van der Waals surface area contributed by atoms with E-state index in [1.807, 2.05) is 11.0 Å². The van der Waals surface area contributed by atoms with Gasteiger partial charge in [0.25, 0.3) is 11.8 Å². The number of carbonyl (C=O) groups is 2. The summed E-state index contributed by atoms with van der Waals surface area (Å²) in [5.41, 5.74) is 1.02. The van der Waals surface area contributed by atoms with Gasteiger partial charge in [0, 0.05) is 29.4 Å². The number of nitrogens with zero attached hydrogens (tertiary/aromatic N) is 2. The van der Waals surface area contributed by atoms with E-state index < -0.39 is 0 Å². The fourth-order valence-corrected chi connectivity index (χ4v) is 3.82. The van der Waals surface area contributed by atoms with Crippen molar-refractivity contribution in [3.05, 3.63) is 54.1 Å². The zero-order valence-corrected chi connectivity index (χ0v) is 17.8. The highest BCUT2D eigenvalue weighted by atomic mass is 16.5. The Labute approximate surface area is 182 Å². The lowest BCUT2D eigenvalue weighted by Gasteiger charge is -2.38. The summed E-state index contributed by atoms with van der Waals surface area (Å²) in [5, 5.41) is 11.4. The van der Waals surface area contributed by atoms with Crippen molar-refractivity contribution in [2.24, 2.45) is 0 Å². The molecule has 31 heavy (non-hydrogen) atoms. The van der Waals surface area contributed by atoms with Gasteiger partial charge in [0.15, 0.2) is 13.2 Å². The zero-order chi connectivity index (χ0) is 22.2. The number of carbonyl (C=O) groups excluding carboxylic acids is 2. The number of nitrogens with one attached hydrogen (secondary N) is 1. The topological polar surface area (TPSA) is 91.7 Å². The fraction of sp³-hybridized carbons (Fsp3) is 0.375. The van der Waals surface area contributed by atoms with E-state index in [1.54, 1.807) is 48.5 Å². The smallest absolute Gasteiger partial charge is 0.260 e. The molecule has 1 N–H and O–H groups in total. The maximum atomic E-state index is 12.6. The minimum Gasteiger partial charge on any atom is -0.484 e. The lowest BCUT2D eigenvalue weighted by molar-refractivity contribution is -0.139. The molecule has 1 heterocycles. The first-order valence-electron chi connectivity index (χ1n) is 10.4. The van der Waals surface area contributed by atoms with Crippen molar-refractivity contribution in [1.29, 1.82) is 5.26 Å². The van der Waals surface area contributed by atoms with E-state index in [1.165, 1.54) is 0 Å². The molecule has 2 atom stereocenters. The molecule has 2 unspecified atom stereocenters. The van der Waals surface area contributed by atoms with Gasteiger partial charge in [-0.05, 0) is 69.5 Å². The second kappa shape index (κ2) is 10.5. The number of anilines is 1. The number of likely N-dealkylation sites (tertiary alicyclic amines) is 1. The van der Waals surface area contributed by atoms with Crippen molar-refractivity contribution in [2.45, 2.75) is 45.2 Å². The molecule has 3 rings (SSSR count). The van der Waals surface area contributed by atoms with Gasteiger partial charge in [-0.25, -0.2) is 0 Å². The molecule has 7 nitrogen and oxygen atoms in total. The predicted octanol–water partition coefficient (Wildman–Crippen LogP) is 4.01. The lowest BCUT2D eigenvalue weighted by Crippen LogP contribution is -2.49. The molecule has 7 heteroatoms. The number of nitriles is 1. The predicted molar refractivity (Wildman–Crippen MR) is 117 cm³/mol. The van der Waals surface area contributed by atoms with Gasteiger partial charge < -0.3 is 19.7 Å². The SMILES string of the molecule is CC1CCCC(C)N1C(=O)COc1ccc(C(=O)Nc2cccc(OCC#N)c2)cc1. The van der Waals surface area contributed by atoms with E-state index in [2.05, 4.69) is 19.2 Å².